The van der Waals surface area contributed by atoms with Gasteiger partial charge in [-0.2, -0.15) is 5.10 Å². The SMILES string of the molecule is ClCc1ccc(Cl)cc1-n1cc(Br)cn1. The van der Waals surface area contributed by atoms with Crippen LogP contribution in [0.5, 0.6) is 0 Å². The maximum Gasteiger partial charge on any atom is 0.0704 e. The molecule has 5 heteroatoms. The standard InChI is InChI=1S/C10H7BrCl2N2/c11-8-5-14-15(6-8)10-3-9(13)2-1-7(10)4-12/h1-3,5-6H,4H2. The lowest BCUT2D eigenvalue weighted by Crippen LogP contribution is -1.98. The first-order chi connectivity index (χ1) is 7.20. The molecule has 0 aliphatic heterocycles. The molecule has 0 radical (unpaired) electrons. The van der Waals surface area contributed by atoms with Crippen molar-refractivity contribution in [3.63, 3.8) is 0 Å². The highest BCUT2D eigenvalue weighted by Gasteiger charge is 2.06. The number of alkyl halides is 1. The molecule has 0 aliphatic carbocycles. The summed E-state index contributed by atoms with van der Waals surface area (Å²) in [7, 11) is 0. The molecular formula is C10H7BrCl2N2. The smallest absolute Gasteiger partial charge is 0.0704 e. The van der Waals surface area contributed by atoms with E-state index in [-0.39, 0.29) is 0 Å². The zero-order chi connectivity index (χ0) is 10.8. The van der Waals surface area contributed by atoms with E-state index in [2.05, 4.69) is 21.0 Å². The maximum atomic E-state index is 5.93. The summed E-state index contributed by atoms with van der Waals surface area (Å²) < 4.78 is 2.66. The molecule has 0 bridgehead atoms. The molecular weight excluding hydrogens is 299 g/mol. The molecule has 15 heavy (non-hydrogen) atoms. The van der Waals surface area contributed by atoms with Crippen molar-refractivity contribution in [2.45, 2.75) is 5.88 Å². The molecule has 0 unspecified atom stereocenters. The molecule has 0 saturated heterocycles. The first-order valence-electron chi connectivity index (χ1n) is 4.25. The summed E-state index contributed by atoms with van der Waals surface area (Å²) in [4.78, 5) is 0. The van der Waals surface area contributed by atoms with Crippen molar-refractivity contribution in [3.8, 4) is 5.69 Å². The highest BCUT2D eigenvalue weighted by molar-refractivity contribution is 9.10. The minimum absolute atomic E-state index is 0.435. The van der Waals surface area contributed by atoms with E-state index in [4.69, 9.17) is 23.2 Å². The van der Waals surface area contributed by atoms with Gasteiger partial charge in [0, 0.05) is 17.1 Å². The van der Waals surface area contributed by atoms with Crippen molar-refractivity contribution in [2.24, 2.45) is 0 Å². The zero-order valence-electron chi connectivity index (χ0n) is 7.62. The van der Waals surface area contributed by atoms with E-state index in [1.54, 1.807) is 10.9 Å². The van der Waals surface area contributed by atoms with Crippen molar-refractivity contribution >= 4 is 39.1 Å². The summed E-state index contributed by atoms with van der Waals surface area (Å²) in [6.07, 6.45) is 3.58. The second kappa shape index (κ2) is 4.56. The summed E-state index contributed by atoms with van der Waals surface area (Å²) >= 11 is 15.1. The van der Waals surface area contributed by atoms with Gasteiger partial charge in [-0.15, -0.1) is 11.6 Å². The summed E-state index contributed by atoms with van der Waals surface area (Å²) in [5, 5.41) is 4.86. The number of nitrogens with zero attached hydrogens (tertiary/aromatic N) is 2. The molecule has 2 rings (SSSR count). The Morgan fingerprint density at radius 2 is 2.20 bits per heavy atom. The van der Waals surface area contributed by atoms with Crippen LogP contribution in [-0.2, 0) is 5.88 Å². The van der Waals surface area contributed by atoms with Crippen LogP contribution >= 0.6 is 39.1 Å². The molecule has 78 valence electrons. The third-order valence-electron chi connectivity index (χ3n) is 1.99. The average molecular weight is 306 g/mol. The first-order valence-corrected chi connectivity index (χ1v) is 5.96. The summed E-state index contributed by atoms with van der Waals surface area (Å²) in [6.45, 7) is 0. The molecule has 0 amide bonds. The fourth-order valence-electron chi connectivity index (χ4n) is 1.30. The Kier molecular flexibility index (Phi) is 3.34. The van der Waals surface area contributed by atoms with Gasteiger partial charge in [0.2, 0.25) is 0 Å². The third kappa shape index (κ3) is 2.36. The van der Waals surface area contributed by atoms with Gasteiger partial charge >= 0.3 is 0 Å². The molecule has 1 heterocycles. The summed E-state index contributed by atoms with van der Waals surface area (Å²) in [6, 6.07) is 5.57. The molecule has 1 aromatic heterocycles. The Bertz CT molecular complexity index is 482. The number of benzene rings is 1. The van der Waals surface area contributed by atoms with Gasteiger partial charge < -0.3 is 0 Å². The lowest BCUT2D eigenvalue weighted by molar-refractivity contribution is 0.871. The fraction of sp³-hybridized carbons (Fsp3) is 0.100. The molecule has 0 atom stereocenters. The van der Waals surface area contributed by atoms with E-state index in [1.807, 2.05) is 24.4 Å². The number of hydrogen-bond acceptors (Lipinski definition) is 1. The number of rotatable bonds is 2. The Balaban J connectivity index is 2.55. The van der Waals surface area contributed by atoms with Crippen LogP contribution < -0.4 is 0 Å². The van der Waals surface area contributed by atoms with Crippen molar-refractivity contribution in [1.29, 1.82) is 0 Å². The Hall–Kier alpha value is -0.510. The van der Waals surface area contributed by atoms with Crippen LogP contribution in [0.4, 0.5) is 0 Å². The van der Waals surface area contributed by atoms with Crippen LogP contribution in [0, 0.1) is 0 Å². The number of hydrogen-bond donors (Lipinski definition) is 0. The molecule has 0 fully saturated rings. The summed E-state index contributed by atoms with van der Waals surface area (Å²) in [5.74, 6) is 0.435. The van der Waals surface area contributed by atoms with Gasteiger partial charge in [0.1, 0.15) is 0 Å². The number of halogens is 3. The monoisotopic (exact) mass is 304 g/mol. The van der Waals surface area contributed by atoms with E-state index in [0.29, 0.717) is 10.9 Å². The van der Waals surface area contributed by atoms with Crippen LogP contribution in [0.1, 0.15) is 5.56 Å². The molecule has 2 aromatic rings. The van der Waals surface area contributed by atoms with Crippen molar-refractivity contribution in [1.82, 2.24) is 9.78 Å². The van der Waals surface area contributed by atoms with E-state index in [1.165, 1.54) is 0 Å². The fourth-order valence-corrected chi connectivity index (χ4v) is 1.97. The zero-order valence-corrected chi connectivity index (χ0v) is 10.7. The van der Waals surface area contributed by atoms with E-state index < -0.39 is 0 Å². The van der Waals surface area contributed by atoms with Crippen LogP contribution in [-0.4, -0.2) is 9.78 Å². The largest absolute Gasteiger partial charge is 0.239 e. The predicted molar refractivity (Wildman–Crippen MR) is 65.8 cm³/mol. The molecule has 0 saturated carbocycles. The minimum atomic E-state index is 0.435. The van der Waals surface area contributed by atoms with Crippen LogP contribution in [0.3, 0.4) is 0 Å². The van der Waals surface area contributed by atoms with E-state index >= 15 is 0 Å². The van der Waals surface area contributed by atoms with Gasteiger partial charge in [0.05, 0.1) is 16.4 Å². The Morgan fingerprint density at radius 1 is 1.40 bits per heavy atom. The quantitative estimate of drug-likeness (QED) is 0.766. The van der Waals surface area contributed by atoms with Crippen LogP contribution in [0.2, 0.25) is 5.02 Å². The third-order valence-corrected chi connectivity index (χ3v) is 2.92. The van der Waals surface area contributed by atoms with Gasteiger partial charge in [0.25, 0.3) is 0 Å². The van der Waals surface area contributed by atoms with Gasteiger partial charge in [0.15, 0.2) is 0 Å². The van der Waals surface area contributed by atoms with Gasteiger partial charge in [-0.05, 0) is 33.6 Å². The number of aromatic nitrogens is 2. The molecule has 0 spiro atoms. The lowest BCUT2D eigenvalue weighted by Gasteiger charge is -2.07. The predicted octanol–water partition coefficient (Wildman–Crippen LogP) is 4.03. The van der Waals surface area contributed by atoms with Gasteiger partial charge in [-0.3, -0.25) is 0 Å². The second-order valence-corrected chi connectivity index (χ2v) is 4.63. The molecule has 1 aromatic carbocycles. The summed E-state index contributed by atoms with van der Waals surface area (Å²) in [5.41, 5.74) is 1.90. The average Bonchev–Trinajstić information content (AvgIpc) is 2.65. The van der Waals surface area contributed by atoms with Crippen molar-refractivity contribution in [2.75, 3.05) is 0 Å². The highest BCUT2D eigenvalue weighted by Crippen LogP contribution is 2.22. The second-order valence-electron chi connectivity index (χ2n) is 3.01. The first kappa shape index (κ1) is 11.0. The molecule has 2 nitrogen and oxygen atoms in total. The molecule has 0 N–H and O–H groups in total. The van der Waals surface area contributed by atoms with E-state index in [9.17, 15) is 0 Å². The van der Waals surface area contributed by atoms with Crippen molar-refractivity contribution < 1.29 is 0 Å². The normalized spacial score (nSPS) is 10.6. The minimum Gasteiger partial charge on any atom is -0.239 e. The molecule has 0 aliphatic rings. The van der Waals surface area contributed by atoms with Crippen molar-refractivity contribution in [3.05, 3.63) is 45.7 Å². The maximum absolute atomic E-state index is 5.93. The van der Waals surface area contributed by atoms with Crippen LogP contribution in [0.25, 0.3) is 5.69 Å². The van der Waals surface area contributed by atoms with Crippen LogP contribution in [0.15, 0.2) is 35.1 Å². The van der Waals surface area contributed by atoms with Gasteiger partial charge in [-0.25, -0.2) is 4.68 Å². The Morgan fingerprint density at radius 3 is 2.80 bits per heavy atom. The van der Waals surface area contributed by atoms with E-state index in [0.717, 1.165) is 15.7 Å². The topological polar surface area (TPSA) is 17.8 Å². The Labute approximate surface area is 106 Å². The lowest BCUT2D eigenvalue weighted by atomic mass is 10.2. The van der Waals surface area contributed by atoms with Gasteiger partial charge in [-0.1, -0.05) is 17.7 Å². The highest BCUT2D eigenvalue weighted by atomic mass is 79.9.